The van der Waals surface area contributed by atoms with Crippen LogP contribution in [-0.2, 0) is 11.3 Å². The maximum Gasteiger partial charge on any atom is 0.312 e. The molecule has 1 heterocycles. The lowest BCUT2D eigenvalue weighted by Crippen LogP contribution is -2.15. The summed E-state index contributed by atoms with van der Waals surface area (Å²) in [6.45, 7) is 13.0. The van der Waals surface area contributed by atoms with E-state index in [9.17, 15) is 19.7 Å². The molecule has 1 aromatic heterocycles. The normalized spacial score (nSPS) is 10.7. The SMILES string of the molecule is CCCC(=O)Oc1c(C(=O)c2ccc([N+](=O)[O-])c(C(C)=C(C)C)c2C)c(C)nn1CC. The number of ether oxygens (including phenoxy) is 1. The smallest absolute Gasteiger partial charge is 0.312 e. The molecule has 0 saturated heterocycles. The molecule has 0 aliphatic heterocycles. The van der Waals surface area contributed by atoms with Gasteiger partial charge in [0.05, 0.1) is 16.2 Å². The topological polar surface area (TPSA) is 104 Å². The number of benzene rings is 1. The van der Waals surface area contributed by atoms with Gasteiger partial charge in [-0.25, -0.2) is 4.68 Å². The number of esters is 1. The molecule has 0 atom stereocenters. The van der Waals surface area contributed by atoms with E-state index in [4.69, 9.17) is 4.74 Å². The van der Waals surface area contributed by atoms with Gasteiger partial charge in [-0.2, -0.15) is 5.10 Å². The van der Waals surface area contributed by atoms with Gasteiger partial charge in [0, 0.05) is 24.6 Å². The van der Waals surface area contributed by atoms with Crippen LogP contribution >= 0.6 is 0 Å². The van der Waals surface area contributed by atoms with Gasteiger partial charge in [-0.15, -0.1) is 0 Å². The summed E-state index contributed by atoms with van der Waals surface area (Å²) in [6.07, 6.45) is 0.843. The molecule has 0 radical (unpaired) electrons. The quantitative estimate of drug-likeness (QED) is 0.249. The molecule has 0 saturated carbocycles. The van der Waals surface area contributed by atoms with Gasteiger partial charge in [0.15, 0.2) is 0 Å². The van der Waals surface area contributed by atoms with Gasteiger partial charge in [0.1, 0.15) is 5.56 Å². The van der Waals surface area contributed by atoms with Gasteiger partial charge in [-0.3, -0.25) is 19.7 Å². The van der Waals surface area contributed by atoms with Crippen molar-refractivity contribution in [1.82, 2.24) is 9.78 Å². The monoisotopic (exact) mass is 427 g/mol. The number of nitro benzene ring substituents is 1. The molecule has 0 N–H and O–H groups in total. The summed E-state index contributed by atoms with van der Waals surface area (Å²) in [4.78, 5) is 36.9. The number of allylic oxidation sites excluding steroid dienone is 2. The number of carbonyl (C=O) groups is 2. The van der Waals surface area contributed by atoms with Gasteiger partial charge in [0.25, 0.3) is 5.69 Å². The predicted octanol–water partition coefficient (Wildman–Crippen LogP) is 5.18. The number of aromatic nitrogens is 2. The van der Waals surface area contributed by atoms with Crippen molar-refractivity contribution < 1.29 is 19.2 Å². The van der Waals surface area contributed by atoms with Crippen LogP contribution in [0.25, 0.3) is 5.57 Å². The third kappa shape index (κ3) is 4.73. The Labute approximate surface area is 182 Å². The second-order valence-electron chi connectivity index (χ2n) is 7.65. The highest BCUT2D eigenvalue weighted by Crippen LogP contribution is 2.35. The first-order valence-corrected chi connectivity index (χ1v) is 10.3. The van der Waals surface area contributed by atoms with E-state index in [1.54, 1.807) is 20.8 Å². The maximum atomic E-state index is 13.6. The first-order valence-electron chi connectivity index (χ1n) is 10.3. The summed E-state index contributed by atoms with van der Waals surface area (Å²) in [7, 11) is 0. The average molecular weight is 428 g/mol. The van der Waals surface area contributed by atoms with Crippen LogP contribution in [0.2, 0.25) is 0 Å². The zero-order valence-electron chi connectivity index (χ0n) is 19.2. The summed E-state index contributed by atoms with van der Waals surface area (Å²) in [5.74, 6) is -0.707. The highest BCUT2D eigenvalue weighted by molar-refractivity contribution is 6.13. The molecule has 1 aromatic carbocycles. The number of hydrogen-bond donors (Lipinski definition) is 0. The van der Waals surface area contributed by atoms with E-state index in [2.05, 4.69) is 5.10 Å². The van der Waals surface area contributed by atoms with Crippen molar-refractivity contribution in [3.05, 3.63) is 55.8 Å². The molecular weight excluding hydrogens is 398 g/mol. The van der Waals surface area contributed by atoms with E-state index in [1.807, 2.05) is 27.7 Å². The van der Waals surface area contributed by atoms with Gasteiger partial charge in [-0.05, 0) is 65.2 Å². The van der Waals surface area contributed by atoms with Crippen LogP contribution in [0.1, 0.15) is 80.2 Å². The predicted molar refractivity (Wildman–Crippen MR) is 118 cm³/mol. The van der Waals surface area contributed by atoms with Crippen molar-refractivity contribution in [3.8, 4) is 5.88 Å². The lowest BCUT2D eigenvalue weighted by atomic mass is 9.90. The van der Waals surface area contributed by atoms with Crippen molar-refractivity contribution >= 4 is 23.0 Å². The molecule has 0 aliphatic rings. The van der Waals surface area contributed by atoms with Gasteiger partial charge >= 0.3 is 5.97 Å². The zero-order valence-corrected chi connectivity index (χ0v) is 19.2. The first-order chi connectivity index (χ1) is 14.5. The summed E-state index contributed by atoms with van der Waals surface area (Å²) >= 11 is 0. The minimum Gasteiger partial charge on any atom is -0.407 e. The molecule has 0 aliphatic carbocycles. The Balaban J connectivity index is 2.72. The Hall–Kier alpha value is -3.29. The molecule has 2 rings (SSSR count). The highest BCUT2D eigenvalue weighted by atomic mass is 16.6. The summed E-state index contributed by atoms with van der Waals surface area (Å²) in [5, 5.41) is 16.0. The molecule has 0 amide bonds. The van der Waals surface area contributed by atoms with Crippen LogP contribution in [0, 0.1) is 24.0 Å². The molecule has 166 valence electrons. The number of nitro groups is 1. The van der Waals surface area contributed by atoms with Crippen molar-refractivity contribution in [2.24, 2.45) is 0 Å². The van der Waals surface area contributed by atoms with E-state index in [0.29, 0.717) is 35.3 Å². The summed E-state index contributed by atoms with van der Waals surface area (Å²) < 4.78 is 7.00. The van der Waals surface area contributed by atoms with Crippen LogP contribution in [0.15, 0.2) is 17.7 Å². The molecule has 0 bridgehead atoms. The summed E-state index contributed by atoms with van der Waals surface area (Å²) in [6, 6.07) is 2.81. The number of carbonyl (C=O) groups excluding carboxylic acids is 2. The zero-order chi connectivity index (χ0) is 23.5. The molecule has 31 heavy (non-hydrogen) atoms. The van der Waals surface area contributed by atoms with Crippen LogP contribution in [0.3, 0.4) is 0 Å². The third-order valence-electron chi connectivity index (χ3n) is 5.28. The number of nitrogens with zero attached hydrogens (tertiary/aromatic N) is 3. The van der Waals surface area contributed by atoms with Crippen LogP contribution in [0.4, 0.5) is 5.69 Å². The molecular formula is C23H29N3O5. The lowest BCUT2D eigenvalue weighted by molar-refractivity contribution is -0.385. The number of aryl methyl sites for hydroxylation is 2. The molecule has 0 unspecified atom stereocenters. The highest BCUT2D eigenvalue weighted by Gasteiger charge is 2.29. The fourth-order valence-electron chi connectivity index (χ4n) is 3.46. The Morgan fingerprint density at radius 1 is 1.13 bits per heavy atom. The van der Waals surface area contributed by atoms with E-state index < -0.39 is 10.9 Å². The number of rotatable bonds is 8. The molecule has 0 spiro atoms. The third-order valence-corrected chi connectivity index (χ3v) is 5.28. The Morgan fingerprint density at radius 2 is 1.77 bits per heavy atom. The van der Waals surface area contributed by atoms with E-state index in [-0.39, 0.29) is 29.3 Å². The standard InChI is InChI=1S/C23H29N3O5/c1-8-10-19(27)31-23-21(16(7)24-25(23)9-2)22(28)17-11-12-18(26(29)30)20(15(17)6)14(5)13(3)4/h11-12H,8-10H2,1-7H3. The van der Waals surface area contributed by atoms with Gasteiger partial charge in [0.2, 0.25) is 11.7 Å². The first kappa shape index (κ1) is 24.0. The lowest BCUT2D eigenvalue weighted by Gasteiger charge is -2.14. The Bertz CT molecular complexity index is 1080. The number of hydrogen-bond acceptors (Lipinski definition) is 6. The average Bonchev–Trinajstić information content (AvgIpc) is 3.01. The van der Waals surface area contributed by atoms with Crippen molar-refractivity contribution in [3.63, 3.8) is 0 Å². The Kier molecular flexibility index (Phi) is 7.49. The fourth-order valence-corrected chi connectivity index (χ4v) is 3.46. The second-order valence-corrected chi connectivity index (χ2v) is 7.65. The van der Waals surface area contributed by atoms with Gasteiger partial charge in [-0.1, -0.05) is 12.5 Å². The van der Waals surface area contributed by atoms with Gasteiger partial charge < -0.3 is 4.74 Å². The van der Waals surface area contributed by atoms with E-state index >= 15 is 0 Å². The van der Waals surface area contributed by atoms with Crippen LogP contribution in [0.5, 0.6) is 5.88 Å². The maximum absolute atomic E-state index is 13.6. The number of ketones is 1. The molecule has 2 aromatic rings. The van der Waals surface area contributed by atoms with E-state index in [1.165, 1.54) is 16.8 Å². The molecule has 8 nitrogen and oxygen atoms in total. The Morgan fingerprint density at radius 3 is 2.29 bits per heavy atom. The molecule has 0 fully saturated rings. The minimum atomic E-state index is -0.443. The van der Waals surface area contributed by atoms with Crippen LogP contribution in [-0.4, -0.2) is 26.5 Å². The van der Waals surface area contributed by atoms with Crippen molar-refractivity contribution in [2.75, 3.05) is 0 Å². The fraction of sp³-hybridized carbons (Fsp3) is 0.435. The molecule has 8 heteroatoms. The summed E-state index contributed by atoms with van der Waals surface area (Å²) in [5.41, 5.74) is 3.49. The minimum absolute atomic E-state index is 0.0525. The van der Waals surface area contributed by atoms with E-state index in [0.717, 1.165) is 11.1 Å². The largest absolute Gasteiger partial charge is 0.407 e. The van der Waals surface area contributed by atoms with Crippen LogP contribution < -0.4 is 4.74 Å². The second kappa shape index (κ2) is 9.68. The van der Waals surface area contributed by atoms with Crippen molar-refractivity contribution in [2.45, 2.75) is 67.9 Å². The van der Waals surface area contributed by atoms with Crippen molar-refractivity contribution in [1.29, 1.82) is 0 Å².